The van der Waals surface area contributed by atoms with Crippen LogP contribution < -0.4 is 15.4 Å². The molecule has 0 aliphatic carbocycles. The summed E-state index contributed by atoms with van der Waals surface area (Å²) in [6.07, 6.45) is 8.35. The molecule has 4 nitrogen and oxygen atoms in total. The molecule has 2 rings (SSSR count). The molecule has 0 radical (unpaired) electrons. The smallest absolute Gasteiger partial charge is 0.118 e. The molecule has 23 heavy (non-hydrogen) atoms. The molecule has 130 valence electrons. The van der Waals surface area contributed by atoms with Crippen molar-refractivity contribution in [2.24, 2.45) is 0 Å². The Morgan fingerprint density at radius 3 is 2.26 bits per heavy atom. The molecule has 1 aromatic rings. The molecule has 1 heterocycles. The summed E-state index contributed by atoms with van der Waals surface area (Å²) in [7, 11) is 1.69. The van der Waals surface area contributed by atoms with Crippen LogP contribution in [0.1, 0.15) is 57.2 Å². The van der Waals surface area contributed by atoms with Gasteiger partial charge < -0.3 is 9.47 Å². The Hall–Kier alpha value is -1.10. The first-order valence-corrected chi connectivity index (χ1v) is 9.05. The second-order valence-corrected chi connectivity index (χ2v) is 6.28. The molecule has 1 saturated heterocycles. The van der Waals surface area contributed by atoms with Gasteiger partial charge >= 0.3 is 0 Å². The predicted octanol–water partition coefficient (Wildman–Crippen LogP) is 3.63. The molecule has 0 spiro atoms. The van der Waals surface area contributed by atoms with E-state index in [1.807, 2.05) is 12.1 Å². The van der Waals surface area contributed by atoms with Crippen molar-refractivity contribution >= 4 is 0 Å². The van der Waals surface area contributed by atoms with Gasteiger partial charge in [-0.2, -0.15) is 0 Å². The van der Waals surface area contributed by atoms with Gasteiger partial charge in [-0.3, -0.25) is 10.6 Å². The Morgan fingerprint density at radius 2 is 1.61 bits per heavy atom. The van der Waals surface area contributed by atoms with E-state index < -0.39 is 0 Å². The van der Waals surface area contributed by atoms with E-state index in [1.165, 1.54) is 44.1 Å². The zero-order valence-corrected chi connectivity index (χ0v) is 14.6. The maximum Gasteiger partial charge on any atom is 0.118 e. The molecule has 1 aromatic carbocycles. The zero-order chi connectivity index (χ0) is 16.3. The van der Waals surface area contributed by atoms with Crippen LogP contribution in [0.2, 0.25) is 0 Å². The summed E-state index contributed by atoms with van der Waals surface area (Å²) in [6.45, 7) is 4.94. The second kappa shape index (κ2) is 10.6. The fourth-order valence-corrected chi connectivity index (χ4v) is 2.93. The van der Waals surface area contributed by atoms with Crippen LogP contribution in [0, 0.1) is 0 Å². The van der Waals surface area contributed by atoms with Gasteiger partial charge in [0.15, 0.2) is 0 Å². The minimum absolute atomic E-state index is 0.204. The van der Waals surface area contributed by atoms with Crippen molar-refractivity contribution in [3.63, 3.8) is 0 Å². The van der Waals surface area contributed by atoms with Crippen LogP contribution in [-0.4, -0.2) is 32.9 Å². The third-order valence-corrected chi connectivity index (χ3v) is 4.40. The number of ether oxygens (including phenoxy) is 2. The van der Waals surface area contributed by atoms with Gasteiger partial charge in [-0.15, -0.1) is 0 Å². The molecule has 1 aliphatic heterocycles. The first-order chi connectivity index (χ1) is 11.3. The summed E-state index contributed by atoms with van der Waals surface area (Å²) in [5, 5.41) is 7.03. The fraction of sp³-hybridized carbons (Fsp3) is 0.684. The summed E-state index contributed by atoms with van der Waals surface area (Å²) in [5.74, 6) is 0.893. The van der Waals surface area contributed by atoms with E-state index in [1.54, 1.807) is 7.11 Å². The molecule has 1 aliphatic rings. The number of hydrogen-bond acceptors (Lipinski definition) is 4. The van der Waals surface area contributed by atoms with Crippen LogP contribution in [-0.2, 0) is 4.74 Å². The molecule has 0 amide bonds. The zero-order valence-electron chi connectivity index (χ0n) is 14.6. The molecule has 0 saturated carbocycles. The molecular weight excluding hydrogens is 288 g/mol. The lowest BCUT2D eigenvalue weighted by molar-refractivity contribution is 0.0311. The Bertz CT molecular complexity index is 414. The Balaban J connectivity index is 1.58. The summed E-state index contributed by atoms with van der Waals surface area (Å²) in [4.78, 5) is 0. The number of unbranched alkanes of at least 4 members (excludes halogenated alkanes) is 5. The number of hydrogen-bond donors (Lipinski definition) is 2. The van der Waals surface area contributed by atoms with Gasteiger partial charge in [0, 0.05) is 19.7 Å². The standard InChI is InChI=1S/C19H32N2O2/c1-3-4-5-6-7-8-13-23-18-14-20-19(21-15-18)16-9-11-17(22-2)12-10-16/h9-12,18-21H,3-8,13-15H2,1-2H3. The monoisotopic (exact) mass is 320 g/mol. The molecule has 0 bridgehead atoms. The normalized spacial score (nSPS) is 21.3. The summed E-state index contributed by atoms with van der Waals surface area (Å²) >= 11 is 0. The maximum absolute atomic E-state index is 5.97. The summed E-state index contributed by atoms with van der Waals surface area (Å²) < 4.78 is 11.2. The number of benzene rings is 1. The van der Waals surface area contributed by atoms with Crippen molar-refractivity contribution in [3.05, 3.63) is 29.8 Å². The highest BCUT2D eigenvalue weighted by atomic mass is 16.5. The largest absolute Gasteiger partial charge is 0.497 e. The molecule has 4 heteroatoms. The molecule has 0 aromatic heterocycles. The number of nitrogens with one attached hydrogen (secondary N) is 2. The van der Waals surface area contributed by atoms with Crippen molar-refractivity contribution < 1.29 is 9.47 Å². The van der Waals surface area contributed by atoms with Gasteiger partial charge in [-0.25, -0.2) is 0 Å². The van der Waals surface area contributed by atoms with Crippen LogP contribution in [0.5, 0.6) is 5.75 Å². The van der Waals surface area contributed by atoms with Gasteiger partial charge in [0.25, 0.3) is 0 Å². The summed E-state index contributed by atoms with van der Waals surface area (Å²) in [6, 6.07) is 8.20. The lowest BCUT2D eigenvalue weighted by Crippen LogP contribution is -2.50. The van der Waals surface area contributed by atoms with Gasteiger partial charge in [0.1, 0.15) is 5.75 Å². The predicted molar refractivity (Wildman–Crippen MR) is 94.9 cm³/mol. The topological polar surface area (TPSA) is 42.5 Å². The first-order valence-electron chi connectivity index (χ1n) is 9.05. The van der Waals surface area contributed by atoms with Crippen LogP contribution >= 0.6 is 0 Å². The average molecular weight is 320 g/mol. The molecule has 0 unspecified atom stereocenters. The SMILES string of the molecule is CCCCCCCCOC1CNC(c2ccc(OC)cc2)NC1. The fourth-order valence-electron chi connectivity index (χ4n) is 2.93. The van der Waals surface area contributed by atoms with E-state index in [0.717, 1.165) is 25.4 Å². The quantitative estimate of drug-likeness (QED) is 0.646. The van der Waals surface area contributed by atoms with E-state index in [-0.39, 0.29) is 12.3 Å². The highest BCUT2D eigenvalue weighted by Gasteiger charge is 2.21. The first kappa shape index (κ1) is 18.2. The van der Waals surface area contributed by atoms with E-state index in [2.05, 4.69) is 29.7 Å². The van der Waals surface area contributed by atoms with Crippen LogP contribution in [0.15, 0.2) is 24.3 Å². The van der Waals surface area contributed by atoms with E-state index in [9.17, 15) is 0 Å². The van der Waals surface area contributed by atoms with Crippen molar-refractivity contribution in [2.45, 2.75) is 57.7 Å². The van der Waals surface area contributed by atoms with Crippen molar-refractivity contribution in [1.82, 2.24) is 10.6 Å². The third-order valence-electron chi connectivity index (χ3n) is 4.40. The Kier molecular flexibility index (Phi) is 8.43. The number of methoxy groups -OCH3 is 1. The van der Waals surface area contributed by atoms with Gasteiger partial charge in [-0.05, 0) is 24.1 Å². The Morgan fingerprint density at radius 1 is 0.957 bits per heavy atom. The van der Waals surface area contributed by atoms with Gasteiger partial charge in [0.2, 0.25) is 0 Å². The molecule has 0 atom stereocenters. The van der Waals surface area contributed by atoms with Crippen molar-refractivity contribution in [3.8, 4) is 5.75 Å². The molecular formula is C19H32N2O2. The molecule has 1 fully saturated rings. The lowest BCUT2D eigenvalue weighted by Gasteiger charge is -2.31. The highest BCUT2D eigenvalue weighted by molar-refractivity contribution is 5.29. The number of rotatable bonds is 10. The Labute approximate surface area is 140 Å². The van der Waals surface area contributed by atoms with Crippen molar-refractivity contribution in [2.75, 3.05) is 26.8 Å². The van der Waals surface area contributed by atoms with Crippen LogP contribution in [0.4, 0.5) is 0 Å². The second-order valence-electron chi connectivity index (χ2n) is 6.28. The van der Waals surface area contributed by atoms with Gasteiger partial charge in [0.05, 0.1) is 19.4 Å². The van der Waals surface area contributed by atoms with E-state index in [0.29, 0.717) is 0 Å². The lowest BCUT2D eigenvalue weighted by atomic mass is 10.1. The van der Waals surface area contributed by atoms with Crippen LogP contribution in [0.25, 0.3) is 0 Å². The van der Waals surface area contributed by atoms with Gasteiger partial charge in [-0.1, -0.05) is 51.2 Å². The van der Waals surface area contributed by atoms with E-state index in [4.69, 9.17) is 9.47 Å². The summed E-state index contributed by atoms with van der Waals surface area (Å²) in [5.41, 5.74) is 1.24. The van der Waals surface area contributed by atoms with Crippen LogP contribution in [0.3, 0.4) is 0 Å². The molecule has 2 N–H and O–H groups in total. The highest BCUT2D eigenvalue weighted by Crippen LogP contribution is 2.18. The van der Waals surface area contributed by atoms with E-state index >= 15 is 0 Å². The maximum atomic E-state index is 5.97. The third kappa shape index (κ3) is 6.50. The average Bonchev–Trinajstić information content (AvgIpc) is 2.61. The van der Waals surface area contributed by atoms with Crippen molar-refractivity contribution in [1.29, 1.82) is 0 Å². The minimum atomic E-state index is 0.204. The minimum Gasteiger partial charge on any atom is -0.497 e.